The summed E-state index contributed by atoms with van der Waals surface area (Å²) in [5, 5.41) is 13.2. The molecule has 0 radical (unpaired) electrons. The number of aromatic nitrogens is 4. The minimum Gasteiger partial charge on any atom is -0.337 e. The lowest BCUT2D eigenvalue weighted by Crippen LogP contribution is -3.11. The van der Waals surface area contributed by atoms with Crippen LogP contribution in [0.25, 0.3) is 11.4 Å². The molecule has 154 valence electrons. The van der Waals surface area contributed by atoms with E-state index in [0.717, 1.165) is 25.2 Å². The van der Waals surface area contributed by atoms with Crippen LogP contribution in [0.2, 0.25) is 5.02 Å². The van der Waals surface area contributed by atoms with Gasteiger partial charge in [0.05, 0.1) is 37.1 Å². The van der Waals surface area contributed by atoms with E-state index in [1.807, 2.05) is 23.1 Å². The Bertz CT molecular complexity index is 1110. The van der Waals surface area contributed by atoms with Crippen LogP contribution in [0.1, 0.15) is 23.5 Å². The molecule has 5 rings (SSSR count). The molecule has 8 heteroatoms. The average Bonchev–Trinajstić information content (AvgIpc) is 3.30. The fourth-order valence-corrected chi connectivity index (χ4v) is 5.00. The molecule has 30 heavy (non-hydrogen) atoms. The van der Waals surface area contributed by atoms with E-state index >= 15 is 0 Å². The number of likely N-dealkylation sites (tertiary alicyclic amines) is 1. The third-order valence-electron chi connectivity index (χ3n) is 6.19. The van der Waals surface area contributed by atoms with Gasteiger partial charge in [-0.05, 0) is 35.9 Å². The van der Waals surface area contributed by atoms with Crippen molar-refractivity contribution in [1.82, 2.24) is 20.2 Å². The Hall–Kier alpha value is -2.77. The first-order chi connectivity index (χ1) is 14.5. The molecule has 2 aliphatic heterocycles. The van der Waals surface area contributed by atoms with Crippen LogP contribution in [0.3, 0.4) is 0 Å². The number of hydrogen-bond acceptors (Lipinski definition) is 4. The second-order valence-electron chi connectivity index (χ2n) is 8.32. The van der Waals surface area contributed by atoms with Gasteiger partial charge in [-0.25, -0.2) is 0 Å². The molecule has 1 aromatic heterocycles. The molecule has 1 unspecified atom stereocenters. The van der Waals surface area contributed by atoms with Crippen molar-refractivity contribution in [3.63, 3.8) is 0 Å². The summed E-state index contributed by atoms with van der Waals surface area (Å²) >= 11 is 6.24. The van der Waals surface area contributed by atoms with Crippen LogP contribution in [-0.2, 0) is 11.3 Å². The zero-order valence-corrected chi connectivity index (χ0v) is 17.8. The van der Waals surface area contributed by atoms with Crippen molar-refractivity contribution in [3.05, 3.63) is 58.6 Å². The van der Waals surface area contributed by atoms with Crippen molar-refractivity contribution in [3.8, 4) is 11.4 Å². The molecule has 0 spiro atoms. The summed E-state index contributed by atoms with van der Waals surface area (Å²) in [5.74, 6) is 0.793. The van der Waals surface area contributed by atoms with Gasteiger partial charge < -0.3 is 9.80 Å². The number of fused-ring (bicyclic) bond motifs is 3. The number of anilines is 1. The molecule has 0 saturated carbocycles. The number of halogens is 1. The van der Waals surface area contributed by atoms with E-state index in [1.54, 1.807) is 6.07 Å². The topological polar surface area (TPSA) is 68.3 Å². The quantitative estimate of drug-likeness (QED) is 0.696. The molecule has 3 atom stereocenters. The van der Waals surface area contributed by atoms with E-state index in [9.17, 15) is 4.79 Å². The van der Waals surface area contributed by atoms with Crippen LogP contribution in [-0.4, -0.2) is 52.3 Å². The Balaban J connectivity index is 1.42. The first-order valence-corrected chi connectivity index (χ1v) is 10.7. The molecule has 1 N–H and O–H groups in total. The van der Waals surface area contributed by atoms with Crippen LogP contribution >= 0.6 is 11.6 Å². The molecule has 7 nitrogen and oxygen atoms in total. The molecule has 1 fully saturated rings. The van der Waals surface area contributed by atoms with Crippen LogP contribution in [0.5, 0.6) is 0 Å². The Kier molecular flexibility index (Phi) is 4.79. The third-order valence-corrected chi connectivity index (χ3v) is 6.52. The van der Waals surface area contributed by atoms with Crippen LogP contribution < -0.4 is 9.80 Å². The van der Waals surface area contributed by atoms with Gasteiger partial charge in [-0.1, -0.05) is 41.4 Å². The number of likely N-dealkylation sites (N-methyl/N-ethyl adjacent to an activating group) is 1. The number of amides is 1. The maximum atomic E-state index is 13.4. The highest BCUT2D eigenvalue weighted by molar-refractivity contribution is 6.33. The van der Waals surface area contributed by atoms with E-state index < -0.39 is 0 Å². The molecular formula is C22H24ClN6O+. The average molecular weight is 424 g/mol. The van der Waals surface area contributed by atoms with Crippen molar-refractivity contribution in [2.75, 3.05) is 25.0 Å². The van der Waals surface area contributed by atoms with Gasteiger partial charge >= 0.3 is 0 Å². The molecule has 3 heterocycles. The predicted molar refractivity (Wildman–Crippen MR) is 115 cm³/mol. The zero-order valence-electron chi connectivity index (χ0n) is 17.0. The normalized spacial score (nSPS) is 22.6. The van der Waals surface area contributed by atoms with E-state index in [0.29, 0.717) is 22.3 Å². The smallest absolute Gasteiger partial charge is 0.250 e. The number of quaternary nitrogens is 1. The Morgan fingerprint density at radius 2 is 2.10 bits per heavy atom. The van der Waals surface area contributed by atoms with Gasteiger partial charge in [0.15, 0.2) is 0 Å². The lowest BCUT2D eigenvalue weighted by molar-refractivity contribution is -0.886. The van der Waals surface area contributed by atoms with Crippen molar-refractivity contribution in [2.45, 2.75) is 31.8 Å². The highest BCUT2D eigenvalue weighted by Gasteiger charge is 2.45. The number of aryl methyl sites for hydroxylation is 1. The first kappa shape index (κ1) is 19.2. The van der Waals surface area contributed by atoms with E-state index in [-0.39, 0.29) is 18.5 Å². The molecular weight excluding hydrogens is 400 g/mol. The summed E-state index contributed by atoms with van der Waals surface area (Å²) in [7, 11) is 2.23. The van der Waals surface area contributed by atoms with Crippen molar-refractivity contribution >= 4 is 23.2 Å². The number of carbonyl (C=O) groups excluding carboxylic acids is 1. The predicted octanol–water partition coefficient (Wildman–Crippen LogP) is 1.72. The Morgan fingerprint density at radius 3 is 2.93 bits per heavy atom. The molecule has 0 bridgehead atoms. The Labute approximate surface area is 180 Å². The van der Waals surface area contributed by atoms with Crippen LogP contribution in [0.15, 0.2) is 42.5 Å². The van der Waals surface area contributed by atoms with Crippen LogP contribution in [0, 0.1) is 6.92 Å². The number of nitrogens with zero attached hydrogens (tertiary/aromatic N) is 5. The number of tetrazole rings is 1. The minimum atomic E-state index is -0.00438. The van der Waals surface area contributed by atoms with E-state index in [4.69, 9.17) is 11.6 Å². The van der Waals surface area contributed by atoms with E-state index in [1.165, 1.54) is 20.8 Å². The second-order valence-corrected chi connectivity index (χ2v) is 8.73. The molecule has 2 aromatic carbocycles. The molecule has 3 aromatic rings. The largest absolute Gasteiger partial charge is 0.337 e. The monoisotopic (exact) mass is 423 g/mol. The number of carbonyl (C=O) groups is 1. The van der Waals surface area contributed by atoms with Gasteiger partial charge in [-0.2, -0.15) is 4.80 Å². The highest BCUT2D eigenvalue weighted by Crippen LogP contribution is 2.43. The van der Waals surface area contributed by atoms with Crippen LogP contribution in [0.4, 0.5) is 5.69 Å². The summed E-state index contributed by atoms with van der Waals surface area (Å²) < 4.78 is 0. The zero-order chi connectivity index (χ0) is 20.8. The summed E-state index contributed by atoms with van der Waals surface area (Å²) in [4.78, 5) is 18.2. The minimum absolute atomic E-state index is 0.00438. The number of benzene rings is 2. The maximum Gasteiger partial charge on any atom is 0.250 e. The molecule has 1 saturated heterocycles. The summed E-state index contributed by atoms with van der Waals surface area (Å²) in [6.45, 7) is 4.27. The molecule has 0 aliphatic carbocycles. The van der Waals surface area contributed by atoms with Gasteiger partial charge in [-0.15, -0.1) is 10.2 Å². The maximum absolute atomic E-state index is 13.4. The van der Waals surface area contributed by atoms with Gasteiger partial charge in [0.25, 0.3) is 5.91 Å². The summed E-state index contributed by atoms with van der Waals surface area (Å²) in [6.07, 6.45) is 0.992. The number of hydrogen-bond donors (Lipinski definition) is 1. The van der Waals surface area contributed by atoms with E-state index in [2.05, 4.69) is 47.6 Å². The fourth-order valence-electron chi connectivity index (χ4n) is 4.78. The molecule has 2 aliphatic rings. The van der Waals surface area contributed by atoms with Crippen molar-refractivity contribution in [2.24, 2.45) is 0 Å². The number of piperidine rings is 1. The number of nitrogens with one attached hydrogen (secondary N) is 1. The summed E-state index contributed by atoms with van der Waals surface area (Å²) in [6, 6.07) is 14.0. The van der Waals surface area contributed by atoms with Gasteiger partial charge in [0.2, 0.25) is 5.82 Å². The highest BCUT2D eigenvalue weighted by atomic mass is 35.5. The van der Waals surface area contributed by atoms with Crippen molar-refractivity contribution < 1.29 is 9.69 Å². The lowest BCUT2D eigenvalue weighted by Gasteiger charge is -2.34. The number of rotatable bonds is 3. The lowest BCUT2D eigenvalue weighted by atomic mass is 9.89. The second kappa shape index (κ2) is 7.49. The third kappa shape index (κ3) is 3.28. The fraction of sp³-hybridized carbons (Fsp3) is 0.364. The van der Waals surface area contributed by atoms with Gasteiger partial charge in [-0.3, -0.25) is 4.79 Å². The van der Waals surface area contributed by atoms with Gasteiger partial charge in [0.1, 0.15) is 6.54 Å². The van der Waals surface area contributed by atoms with Gasteiger partial charge in [0, 0.05) is 17.7 Å². The standard InChI is InChI=1S/C22H23ClN6O/c1-14-7-8-19-16(11-14)17-12-27(2)10-9-20(17)29(19)21(30)13-28-25-22(24-26-28)15-5-3-4-6-18(15)23/h3-8,11,17,20H,9-10,12-13H2,1-2H3/p+1/t17-,20+/m1/s1. The summed E-state index contributed by atoms with van der Waals surface area (Å²) in [5.41, 5.74) is 4.25. The molecule has 1 amide bonds. The van der Waals surface area contributed by atoms with Crippen molar-refractivity contribution in [1.29, 1.82) is 0 Å². The first-order valence-electron chi connectivity index (χ1n) is 10.3. The SMILES string of the molecule is Cc1ccc2c(c1)[C@H]1C[NH+](C)CC[C@@H]1N2C(=O)Cn1nnc(-c2ccccc2Cl)n1. The Morgan fingerprint density at radius 1 is 1.27 bits per heavy atom.